The van der Waals surface area contributed by atoms with Crippen molar-refractivity contribution < 1.29 is 38.0 Å². The van der Waals surface area contributed by atoms with Gasteiger partial charge in [-0.25, -0.2) is 0 Å². The molecule has 0 radical (unpaired) electrons. The Bertz CT molecular complexity index is 1670. The van der Waals surface area contributed by atoms with Crippen LogP contribution in [0.2, 0.25) is 0 Å². The van der Waals surface area contributed by atoms with E-state index in [0.29, 0.717) is 49.1 Å². The minimum atomic E-state index is -0.833. The fourth-order valence-electron chi connectivity index (χ4n) is 6.80. The molecule has 0 N–H and O–H groups in total. The number of amides is 2. The first-order chi connectivity index (χ1) is 23.8. The van der Waals surface area contributed by atoms with Crippen molar-refractivity contribution >= 4 is 23.2 Å². The summed E-state index contributed by atoms with van der Waals surface area (Å²) in [5, 5.41) is 0. The Hall–Kier alpha value is -5.06. The maximum absolute atomic E-state index is 13.8. The Labute approximate surface area is 285 Å². The van der Waals surface area contributed by atoms with Gasteiger partial charge in [0.25, 0.3) is 0 Å². The normalized spacial score (nSPS) is 25.5. The molecule has 4 aromatic carbocycles. The molecule has 4 saturated heterocycles. The van der Waals surface area contributed by atoms with Gasteiger partial charge in [0.1, 0.15) is 65.6 Å². The first-order valence-corrected chi connectivity index (χ1v) is 16.8. The number of epoxide rings is 2. The second kappa shape index (κ2) is 12.8. The van der Waals surface area contributed by atoms with E-state index in [1.165, 1.54) is 0 Å². The van der Waals surface area contributed by atoms with Crippen molar-refractivity contribution in [2.24, 2.45) is 11.8 Å². The summed E-state index contributed by atoms with van der Waals surface area (Å²) in [6, 6.07) is 29.8. The van der Waals surface area contributed by atoms with Gasteiger partial charge < -0.3 is 28.4 Å². The van der Waals surface area contributed by atoms with Crippen LogP contribution < -0.4 is 28.7 Å². The molecule has 4 aromatic rings. The Kier molecular flexibility index (Phi) is 8.13. The van der Waals surface area contributed by atoms with Crippen molar-refractivity contribution in [3.05, 3.63) is 97.1 Å². The molecular weight excluding hydrogens is 624 g/mol. The lowest BCUT2D eigenvalue weighted by atomic mass is 9.95. The van der Waals surface area contributed by atoms with Crippen molar-refractivity contribution in [2.45, 2.75) is 44.6 Å². The second-order valence-electron chi connectivity index (χ2n) is 13.2. The molecule has 0 aliphatic carbocycles. The molecule has 252 valence electrons. The molecule has 4 atom stereocenters. The van der Waals surface area contributed by atoms with Gasteiger partial charge in [-0.1, -0.05) is 13.8 Å². The number of hydrogen-bond acceptors (Lipinski definition) is 8. The summed E-state index contributed by atoms with van der Waals surface area (Å²) in [6.07, 6.45) is 1.45. The van der Waals surface area contributed by atoms with E-state index in [0.717, 1.165) is 36.1 Å². The minimum absolute atomic E-state index is 0.00945. The van der Waals surface area contributed by atoms with E-state index in [4.69, 9.17) is 28.4 Å². The zero-order valence-electron chi connectivity index (χ0n) is 27.5. The molecule has 8 rings (SSSR count). The standard InChI is InChI=1S/C39H38N2O8/c1-25-19-39(40(37(25)42)27-3-7-31(8-4-27)48-33-15-11-29(12-16-33)44-21-35-23-46-35)20-26(2)38(43)41(39)28-5-9-32(10-6-28)49-34-17-13-30(14-18-34)45-22-36-24-47-36/h3-18,25-26,35-36H,19-24H2,1-2H3. The molecular formula is C39H38N2O8. The lowest BCUT2D eigenvalue weighted by molar-refractivity contribution is -0.120. The first kappa shape index (κ1) is 31.2. The highest BCUT2D eigenvalue weighted by Crippen LogP contribution is 2.50. The van der Waals surface area contributed by atoms with Crippen LogP contribution in [0, 0.1) is 11.8 Å². The van der Waals surface area contributed by atoms with E-state index in [1.807, 2.05) is 121 Å². The number of rotatable bonds is 12. The van der Waals surface area contributed by atoms with Gasteiger partial charge >= 0.3 is 0 Å². The molecule has 2 amide bonds. The van der Waals surface area contributed by atoms with Crippen LogP contribution in [0.1, 0.15) is 26.7 Å². The van der Waals surface area contributed by atoms with Gasteiger partial charge in [0.15, 0.2) is 0 Å². The summed E-state index contributed by atoms with van der Waals surface area (Å²) in [5.74, 6) is 3.60. The summed E-state index contributed by atoms with van der Waals surface area (Å²) in [4.78, 5) is 31.3. The molecule has 10 heteroatoms. The lowest BCUT2D eigenvalue weighted by Gasteiger charge is -2.42. The molecule has 0 aromatic heterocycles. The topological polar surface area (TPSA) is 103 Å². The highest BCUT2D eigenvalue weighted by molar-refractivity contribution is 6.07. The Morgan fingerprint density at radius 1 is 0.551 bits per heavy atom. The maximum atomic E-state index is 13.8. The summed E-state index contributed by atoms with van der Waals surface area (Å²) >= 11 is 0. The number of hydrogen-bond donors (Lipinski definition) is 0. The van der Waals surface area contributed by atoms with Gasteiger partial charge in [0, 0.05) is 36.1 Å². The molecule has 1 spiro atoms. The number of carbonyl (C=O) groups is 2. The Morgan fingerprint density at radius 2 is 0.857 bits per heavy atom. The van der Waals surface area contributed by atoms with Crippen LogP contribution in [-0.2, 0) is 19.1 Å². The third kappa shape index (κ3) is 6.54. The van der Waals surface area contributed by atoms with Crippen LogP contribution >= 0.6 is 0 Å². The van der Waals surface area contributed by atoms with E-state index < -0.39 is 5.66 Å². The maximum Gasteiger partial charge on any atom is 0.231 e. The fraction of sp³-hybridized carbons (Fsp3) is 0.333. The summed E-state index contributed by atoms with van der Waals surface area (Å²) in [7, 11) is 0. The third-order valence-electron chi connectivity index (χ3n) is 9.37. The SMILES string of the molecule is CC1CC2(CC(C)C(=O)N2c2ccc(Oc3ccc(OCC4CO4)cc3)cc2)N(c2ccc(Oc3ccc(OCC4CO4)cc3)cc2)C1=O. The number of benzene rings is 4. The second-order valence-corrected chi connectivity index (χ2v) is 13.2. The van der Waals surface area contributed by atoms with Crippen molar-refractivity contribution in [3.63, 3.8) is 0 Å². The summed E-state index contributed by atoms with van der Waals surface area (Å²) in [5.41, 5.74) is 0.605. The molecule has 4 fully saturated rings. The van der Waals surface area contributed by atoms with Gasteiger partial charge in [-0.2, -0.15) is 0 Å². The molecule has 0 saturated carbocycles. The summed E-state index contributed by atoms with van der Waals surface area (Å²) < 4.78 is 34.0. The van der Waals surface area contributed by atoms with E-state index in [2.05, 4.69) is 0 Å². The van der Waals surface area contributed by atoms with Gasteiger partial charge in [-0.3, -0.25) is 19.4 Å². The molecule has 4 heterocycles. The monoisotopic (exact) mass is 662 g/mol. The van der Waals surface area contributed by atoms with Crippen LogP contribution in [0.3, 0.4) is 0 Å². The summed E-state index contributed by atoms with van der Waals surface area (Å²) in [6.45, 7) is 6.46. The predicted molar refractivity (Wildman–Crippen MR) is 182 cm³/mol. The highest BCUT2D eigenvalue weighted by atomic mass is 16.6. The van der Waals surface area contributed by atoms with Crippen LogP contribution in [-0.4, -0.2) is 56.1 Å². The quantitative estimate of drug-likeness (QED) is 0.150. The van der Waals surface area contributed by atoms with E-state index in [1.54, 1.807) is 0 Å². The number of nitrogens with zero attached hydrogens (tertiary/aromatic N) is 2. The predicted octanol–water partition coefficient (Wildman–Crippen LogP) is 6.97. The average Bonchev–Trinajstić information content (AvgIpc) is 4.05. The molecule has 0 bridgehead atoms. The number of carbonyl (C=O) groups excluding carboxylic acids is 2. The Morgan fingerprint density at radius 3 is 1.18 bits per heavy atom. The van der Waals surface area contributed by atoms with Gasteiger partial charge in [0.2, 0.25) is 11.8 Å². The zero-order valence-corrected chi connectivity index (χ0v) is 27.5. The van der Waals surface area contributed by atoms with Crippen LogP contribution in [0.25, 0.3) is 0 Å². The average molecular weight is 663 g/mol. The van der Waals surface area contributed by atoms with Crippen LogP contribution in [0.4, 0.5) is 11.4 Å². The molecule has 10 nitrogen and oxygen atoms in total. The van der Waals surface area contributed by atoms with Gasteiger partial charge in [-0.05, 0) is 97.1 Å². The van der Waals surface area contributed by atoms with Gasteiger partial charge in [-0.15, -0.1) is 0 Å². The van der Waals surface area contributed by atoms with Gasteiger partial charge in [0.05, 0.1) is 13.2 Å². The number of ether oxygens (including phenoxy) is 6. The van der Waals surface area contributed by atoms with E-state index in [-0.39, 0.29) is 35.9 Å². The third-order valence-corrected chi connectivity index (χ3v) is 9.37. The van der Waals surface area contributed by atoms with Crippen molar-refractivity contribution in [1.29, 1.82) is 0 Å². The van der Waals surface area contributed by atoms with E-state index >= 15 is 0 Å². The van der Waals surface area contributed by atoms with Crippen LogP contribution in [0.5, 0.6) is 34.5 Å². The molecule has 4 unspecified atom stereocenters. The fourth-order valence-corrected chi connectivity index (χ4v) is 6.80. The first-order valence-electron chi connectivity index (χ1n) is 16.8. The molecule has 49 heavy (non-hydrogen) atoms. The van der Waals surface area contributed by atoms with Crippen molar-refractivity contribution in [3.8, 4) is 34.5 Å². The van der Waals surface area contributed by atoms with Crippen molar-refractivity contribution in [2.75, 3.05) is 36.2 Å². The molecule has 4 aliphatic rings. The zero-order chi connectivity index (χ0) is 33.5. The van der Waals surface area contributed by atoms with Crippen molar-refractivity contribution in [1.82, 2.24) is 0 Å². The minimum Gasteiger partial charge on any atom is -0.491 e. The molecule has 4 aliphatic heterocycles. The highest BCUT2D eigenvalue weighted by Gasteiger charge is 2.60. The smallest absolute Gasteiger partial charge is 0.231 e. The lowest BCUT2D eigenvalue weighted by Crippen LogP contribution is -2.56. The number of anilines is 2. The Balaban J connectivity index is 0.984. The largest absolute Gasteiger partial charge is 0.491 e. The van der Waals surface area contributed by atoms with E-state index in [9.17, 15) is 9.59 Å². The van der Waals surface area contributed by atoms with Crippen LogP contribution in [0.15, 0.2) is 97.1 Å².